The predicted molar refractivity (Wildman–Crippen MR) is 101 cm³/mol. The Hall–Kier alpha value is -3.33. The number of nitrogens with one attached hydrogen (secondary N) is 1. The number of benzene rings is 1. The van der Waals surface area contributed by atoms with Gasteiger partial charge in [-0.3, -0.25) is 4.79 Å². The van der Waals surface area contributed by atoms with Gasteiger partial charge in [-0.05, 0) is 43.3 Å². The standard InChI is InChI=1S/C18H15FN6OS/c1-10(17-23-24-18(20)27-17)21-16(26)12-4-7-15-22-14(9-25(15)8-12)11-2-5-13(19)6-3-11/h2-10H,1H3,(H2,20,24)(H,21,26)/t10-/m0/s1. The van der Waals surface area contributed by atoms with Gasteiger partial charge >= 0.3 is 0 Å². The van der Waals surface area contributed by atoms with Crippen LogP contribution in [-0.4, -0.2) is 25.5 Å². The summed E-state index contributed by atoms with van der Waals surface area (Å²) in [5.41, 5.74) is 8.25. The van der Waals surface area contributed by atoms with Crippen molar-refractivity contribution >= 4 is 28.0 Å². The zero-order valence-electron chi connectivity index (χ0n) is 14.3. The molecule has 3 N–H and O–H groups in total. The molecule has 9 heteroatoms. The highest BCUT2D eigenvalue weighted by molar-refractivity contribution is 7.15. The number of rotatable bonds is 4. The van der Waals surface area contributed by atoms with Gasteiger partial charge in [0.2, 0.25) is 5.13 Å². The van der Waals surface area contributed by atoms with Gasteiger partial charge in [0.25, 0.3) is 5.91 Å². The summed E-state index contributed by atoms with van der Waals surface area (Å²) < 4.78 is 14.9. The summed E-state index contributed by atoms with van der Waals surface area (Å²) in [5, 5.41) is 11.6. The van der Waals surface area contributed by atoms with E-state index in [4.69, 9.17) is 5.73 Å². The van der Waals surface area contributed by atoms with Crippen molar-refractivity contribution < 1.29 is 9.18 Å². The minimum absolute atomic E-state index is 0.241. The van der Waals surface area contributed by atoms with E-state index >= 15 is 0 Å². The normalized spacial score (nSPS) is 12.2. The van der Waals surface area contributed by atoms with E-state index in [9.17, 15) is 9.18 Å². The number of imidazole rings is 1. The number of pyridine rings is 1. The molecule has 0 fully saturated rings. The van der Waals surface area contributed by atoms with E-state index in [-0.39, 0.29) is 17.8 Å². The number of nitrogens with two attached hydrogens (primary N) is 1. The molecule has 136 valence electrons. The van der Waals surface area contributed by atoms with E-state index in [1.54, 1.807) is 41.1 Å². The fourth-order valence-electron chi connectivity index (χ4n) is 2.65. The van der Waals surface area contributed by atoms with Crippen LogP contribution in [0.5, 0.6) is 0 Å². The quantitative estimate of drug-likeness (QED) is 0.565. The molecule has 0 saturated heterocycles. The molecule has 0 spiro atoms. The van der Waals surface area contributed by atoms with Gasteiger partial charge < -0.3 is 15.5 Å². The SMILES string of the molecule is C[C@H](NC(=O)c1ccc2nc(-c3ccc(F)cc3)cn2c1)c1nnc(N)s1. The van der Waals surface area contributed by atoms with Crippen LogP contribution in [0.25, 0.3) is 16.9 Å². The molecule has 0 aliphatic carbocycles. The summed E-state index contributed by atoms with van der Waals surface area (Å²) in [5.74, 6) is -0.539. The molecule has 0 radical (unpaired) electrons. The molecule has 0 saturated carbocycles. The van der Waals surface area contributed by atoms with Crippen molar-refractivity contribution in [1.82, 2.24) is 24.9 Å². The lowest BCUT2D eigenvalue weighted by Crippen LogP contribution is -2.26. The number of carbonyl (C=O) groups excluding carboxylic acids is 1. The summed E-state index contributed by atoms with van der Waals surface area (Å²) >= 11 is 1.24. The van der Waals surface area contributed by atoms with E-state index in [0.29, 0.717) is 27.0 Å². The first-order valence-corrected chi connectivity index (χ1v) is 8.96. The lowest BCUT2D eigenvalue weighted by atomic mass is 10.2. The van der Waals surface area contributed by atoms with Crippen molar-refractivity contribution in [3.05, 3.63) is 65.2 Å². The molecular weight excluding hydrogens is 367 g/mol. The Morgan fingerprint density at radius 1 is 1.19 bits per heavy atom. The van der Waals surface area contributed by atoms with Crippen LogP contribution in [0.4, 0.5) is 9.52 Å². The Morgan fingerprint density at radius 3 is 2.67 bits per heavy atom. The molecule has 4 aromatic rings. The number of hydrogen-bond acceptors (Lipinski definition) is 6. The molecule has 1 amide bonds. The Balaban J connectivity index is 1.57. The second kappa shape index (κ2) is 6.76. The Labute approximate surface area is 157 Å². The number of nitrogens with zero attached hydrogens (tertiary/aromatic N) is 4. The molecule has 4 rings (SSSR count). The van der Waals surface area contributed by atoms with Gasteiger partial charge in [-0.2, -0.15) is 0 Å². The van der Waals surface area contributed by atoms with Crippen molar-refractivity contribution in [1.29, 1.82) is 0 Å². The van der Waals surface area contributed by atoms with Crippen LogP contribution in [0.2, 0.25) is 0 Å². The monoisotopic (exact) mass is 382 g/mol. The zero-order valence-corrected chi connectivity index (χ0v) is 15.1. The topological polar surface area (TPSA) is 98.2 Å². The van der Waals surface area contributed by atoms with E-state index < -0.39 is 0 Å². The van der Waals surface area contributed by atoms with Gasteiger partial charge in [-0.1, -0.05) is 11.3 Å². The van der Waals surface area contributed by atoms with Crippen LogP contribution in [-0.2, 0) is 0 Å². The molecule has 0 aliphatic heterocycles. The van der Waals surface area contributed by atoms with Crippen molar-refractivity contribution in [2.75, 3.05) is 5.73 Å². The van der Waals surface area contributed by atoms with Crippen LogP contribution < -0.4 is 11.1 Å². The van der Waals surface area contributed by atoms with Crippen LogP contribution in [0.1, 0.15) is 28.3 Å². The highest BCUT2D eigenvalue weighted by Gasteiger charge is 2.16. The largest absolute Gasteiger partial charge is 0.374 e. The molecule has 1 atom stereocenters. The first-order valence-electron chi connectivity index (χ1n) is 8.14. The minimum atomic E-state index is -0.305. The van der Waals surface area contributed by atoms with Crippen LogP contribution in [0, 0.1) is 5.82 Å². The molecule has 0 aliphatic rings. The number of hydrogen-bond donors (Lipinski definition) is 2. The summed E-state index contributed by atoms with van der Waals surface area (Å²) in [6, 6.07) is 9.27. The average Bonchev–Trinajstić information content (AvgIpc) is 3.27. The summed E-state index contributed by atoms with van der Waals surface area (Å²) in [4.78, 5) is 17.0. The number of halogens is 1. The number of fused-ring (bicyclic) bond motifs is 1. The zero-order chi connectivity index (χ0) is 19.0. The van der Waals surface area contributed by atoms with Crippen molar-refractivity contribution in [3.8, 4) is 11.3 Å². The summed E-state index contributed by atoms with van der Waals surface area (Å²) in [6.45, 7) is 1.82. The Bertz CT molecular complexity index is 1120. The van der Waals surface area contributed by atoms with Gasteiger partial charge in [0.15, 0.2) is 0 Å². The fraction of sp³-hybridized carbons (Fsp3) is 0.111. The summed E-state index contributed by atoms with van der Waals surface area (Å²) in [6.07, 6.45) is 3.50. The van der Waals surface area contributed by atoms with E-state index in [1.807, 2.05) is 6.92 Å². The maximum absolute atomic E-state index is 13.1. The second-order valence-electron chi connectivity index (χ2n) is 5.99. The van der Waals surface area contributed by atoms with Crippen molar-refractivity contribution in [2.45, 2.75) is 13.0 Å². The molecule has 1 aromatic carbocycles. The van der Waals surface area contributed by atoms with Gasteiger partial charge in [-0.15, -0.1) is 10.2 Å². The molecule has 0 bridgehead atoms. The predicted octanol–water partition coefficient (Wildman–Crippen LogP) is 3.07. The highest BCUT2D eigenvalue weighted by atomic mass is 32.1. The molecule has 0 unspecified atom stereocenters. The van der Waals surface area contributed by atoms with Crippen molar-refractivity contribution in [3.63, 3.8) is 0 Å². The second-order valence-corrected chi connectivity index (χ2v) is 7.03. The number of nitrogen functional groups attached to an aromatic ring is 1. The number of carbonyl (C=O) groups is 1. The number of amides is 1. The van der Waals surface area contributed by atoms with Crippen LogP contribution in [0.15, 0.2) is 48.8 Å². The van der Waals surface area contributed by atoms with Crippen LogP contribution >= 0.6 is 11.3 Å². The molecule has 3 aromatic heterocycles. The smallest absolute Gasteiger partial charge is 0.253 e. The van der Waals surface area contributed by atoms with E-state index in [1.165, 1.54) is 23.5 Å². The van der Waals surface area contributed by atoms with Gasteiger partial charge in [0, 0.05) is 18.0 Å². The third-order valence-electron chi connectivity index (χ3n) is 4.03. The fourth-order valence-corrected chi connectivity index (χ4v) is 3.26. The van der Waals surface area contributed by atoms with Gasteiger partial charge in [0.1, 0.15) is 16.5 Å². The molecular formula is C18H15FN6OS. The van der Waals surface area contributed by atoms with E-state index in [2.05, 4.69) is 20.5 Å². The summed E-state index contributed by atoms with van der Waals surface area (Å²) in [7, 11) is 0. The van der Waals surface area contributed by atoms with E-state index in [0.717, 1.165) is 5.56 Å². The molecule has 7 nitrogen and oxygen atoms in total. The maximum Gasteiger partial charge on any atom is 0.253 e. The van der Waals surface area contributed by atoms with Crippen LogP contribution in [0.3, 0.4) is 0 Å². The first-order chi connectivity index (χ1) is 13.0. The van der Waals surface area contributed by atoms with Gasteiger partial charge in [0.05, 0.1) is 17.3 Å². The number of aromatic nitrogens is 4. The third-order valence-corrected chi connectivity index (χ3v) is 4.96. The maximum atomic E-state index is 13.1. The Kier molecular flexibility index (Phi) is 4.28. The van der Waals surface area contributed by atoms with Gasteiger partial charge in [-0.25, -0.2) is 9.37 Å². The average molecular weight is 382 g/mol. The lowest BCUT2D eigenvalue weighted by molar-refractivity contribution is 0.0939. The molecule has 27 heavy (non-hydrogen) atoms. The van der Waals surface area contributed by atoms with Crippen molar-refractivity contribution in [2.24, 2.45) is 0 Å². The third kappa shape index (κ3) is 3.49. The first kappa shape index (κ1) is 17.1. The Morgan fingerprint density at radius 2 is 1.96 bits per heavy atom. The molecule has 3 heterocycles. The minimum Gasteiger partial charge on any atom is -0.374 e. The highest BCUT2D eigenvalue weighted by Crippen LogP contribution is 2.21. The number of anilines is 1. The lowest BCUT2D eigenvalue weighted by Gasteiger charge is -2.10.